The molecule has 1 aliphatic carbocycles. The summed E-state index contributed by atoms with van der Waals surface area (Å²) in [6.07, 6.45) is 1.34. The van der Waals surface area contributed by atoms with Gasteiger partial charge in [0.15, 0.2) is 0 Å². The van der Waals surface area contributed by atoms with Crippen LogP contribution in [0.4, 0.5) is 0 Å². The molecular formula is C11H14O. The first-order chi connectivity index (χ1) is 5.81. The lowest BCUT2D eigenvalue weighted by Crippen LogP contribution is -1.85. The van der Waals surface area contributed by atoms with E-state index in [-0.39, 0.29) is 0 Å². The zero-order valence-electron chi connectivity index (χ0n) is 7.58. The fourth-order valence-electron chi connectivity index (χ4n) is 1.66. The number of methoxy groups -OCH3 is 1. The summed E-state index contributed by atoms with van der Waals surface area (Å²) in [5.41, 5.74) is 1.43. The van der Waals surface area contributed by atoms with E-state index < -0.39 is 0 Å². The molecular weight excluding hydrogens is 148 g/mol. The molecule has 1 aromatic carbocycles. The van der Waals surface area contributed by atoms with Crippen molar-refractivity contribution in [1.29, 1.82) is 0 Å². The number of rotatable bonds is 2. The molecule has 2 unspecified atom stereocenters. The second-order valence-corrected chi connectivity index (χ2v) is 3.60. The first-order valence-corrected chi connectivity index (χ1v) is 4.45. The highest BCUT2D eigenvalue weighted by Crippen LogP contribution is 2.47. The zero-order valence-corrected chi connectivity index (χ0v) is 7.58. The lowest BCUT2D eigenvalue weighted by atomic mass is 10.1. The van der Waals surface area contributed by atoms with Crippen LogP contribution in [0.5, 0.6) is 5.75 Å². The Morgan fingerprint density at radius 2 is 2.17 bits per heavy atom. The molecule has 1 aliphatic rings. The fraction of sp³-hybridized carbons (Fsp3) is 0.455. The molecule has 1 aromatic rings. The van der Waals surface area contributed by atoms with Crippen LogP contribution in [0.1, 0.15) is 24.8 Å². The highest BCUT2D eigenvalue weighted by Gasteiger charge is 2.33. The summed E-state index contributed by atoms with van der Waals surface area (Å²) in [4.78, 5) is 0. The van der Waals surface area contributed by atoms with Gasteiger partial charge in [-0.15, -0.1) is 0 Å². The van der Waals surface area contributed by atoms with Crippen LogP contribution in [-0.2, 0) is 0 Å². The van der Waals surface area contributed by atoms with Gasteiger partial charge < -0.3 is 4.74 Å². The van der Waals surface area contributed by atoms with Gasteiger partial charge in [0, 0.05) is 0 Å². The van der Waals surface area contributed by atoms with E-state index in [1.165, 1.54) is 12.0 Å². The molecule has 0 spiro atoms. The van der Waals surface area contributed by atoms with Crippen molar-refractivity contribution < 1.29 is 4.74 Å². The third-order valence-electron chi connectivity index (χ3n) is 2.63. The van der Waals surface area contributed by atoms with Gasteiger partial charge in [0.25, 0.3) is 0 Å². The van der Waals surface area contributed by atoms with Gasteiger partial charge in [-0.2, -0.15) is 0 Å². The summed E-state index contributed by atoms with van der Waals surface area (Å²) < 4.78 is 5.17. The molecule has 0 aliphatic heterocycles. The molecule has 1 heteroatoms. The Labute approximate surface area is 73.4 Å². The Morgan fingerprint density at radius 3 is 2.75 bits per heavy atom. The summed E-state index contributed by atoms with van der Waals surface area (Å²) in [5.74, 6) is 2.64. The molecule has 0 saturated heterocycles. The highest BCUT2D eigenvalue weighted by atomic mass is 16.5. The van der Waals surface area contributed by atoms with Gasteiger partial charge in [-0.3, -0.25) is 0 Å². The van der Waals surface area contributed by atoms with Crippen molar-refractivity contribution in [2.75, 3.05) is 7.11 Å². The molecule has 0 radical (unpaired) electrons. The Kier molecular flexibility index (Phi) is 1.80. The first kappa shape index (κ1) is 7.66. The van der Waals surface area contributed by atoms with Crippen LogP contribution >= 0.6 is 0 Å². The monoisotopic (exact) mass is 162 g/mol. The van der Waals surface area contributed by atoms with Crippen molar-refractivity contribution in [2.24, 2.45) is 5.92 Å². The lowest BCUT2D eigenvalue weighted by molar-refractivity contribution is 0.414. The molecule has 12 heavy (non-hydrogen) atoms. The van der Waals surface area contributed by atoms with E-state index in [0.717, 1.165) is 17.6 Å². The predicted molar refractivity (Wildman–Crippen MR) is 49.5 cm³/mol. The Morgan fingerprint density at radius 1 is 1.42 bits per heavy atom. The van der Waals surface area contributed by atoms with E-state index in [2.05, 4.69) is 25.1 Å². The maximum Gasteiger partial charge on any atom is 0.119 e. The molecule has 0 bridgehead atoms. The standard InChI is InChI=1S/C11H14O/c1-8-6-11(8)9-4-3-5-10(7-9)12-2/h3-5,7-8,11H,6H2,1-2H3. The molecule has 1 saturated carbocycles. The summed E-state index contributed by atoms with van der Waals surface area (Å²) in [7, 11) is 1.72. The van der Waals surface area contributed by atoms with Crippen LogP contribution in [0, 0.1) is 5.92 Å². The Balaban J connectivity index is 2.21. The largest absolute Gasteiger partial charge is 0.497 e. The second-order valence-electron chi connectivity index (χ2n) is 3.60. The minimum absolute atomic E-state index is 0.792. The van der Waals surface area contributed by atoms with Crippen LogP contribution in [0.25, 0.3) is 0 Å². The summed E-state index contributed by atoms with van der Waals surface area (Å²) in [6.45, 7) is 2.30. The van der Waals surface area contributed by atoms with Gasteiger partial charge in [0.2, 0.25) is 0 Å². The second kappa shape index (κ2) is 2.81. The number of hydrogen-bond donors (Lipinski definition) is 0. The van der Waals surface area contributed by atoms with Crippen molar-refractivity contribution in [3.05, 3.63) is 29.8 Å². The molecule has 0 heterocycles. The van der Waals surface area contributed by atoms with Crippen LogP contribution < -0.4 is 4.74 Å². The van der Waals surface area contributed by atoms with Crippen LogP contribution in [0.15, 0.2) is 24.3 Å². The van der Waals surface area contributed by atoms with E-state index in [9.17, 15) is 0 Å². The average molecular weight is 162 g/mol. The Hall–Kier alpha value is -0.980. The van der Waals surface area contributed by atoms with E-state index in [1.807, 2.05) is 6.07 Å². The third-order valence-corrected chi connectivity index (χ3v) is 2.63. The molecule has 0 amide bonds. The molecule has 0 aromatic heterocycles. The molecule has 1 nitrogen and oxygen atoms in total. The number of benzene rings is 1. The van der Waals surface area contributed by atoms with Crippen molar-refractivity contribution in [3.8, 4) is 5.75 Å². The zero-order chi connectivity index (χ0) is 8.55. The van der Waals surface area contributed by atoms with Crippen molar-refractivity contribution in [1.82, 2.24) is 0 Å². The van der Waals surface area contributed by atoms with Gasteiger partial charge in [-0.1, -0.05) is 19.1 Å². The van der Waals surface area contributed by atoms with Gasteiger partial charge in [0.1, 0.15) is 5.75 Å². The predicted octanol–water partition coefficient (Wildman–Crippen LogP) is 2.82. The summed E-state index contributed by atoms with van der Waals surface area (Å²) >= 11 is 0. The lowest BCUT2D eigenvalue weighted by Gasteiger charge is -2.02. The molecule has 2 atom stereocenters. The summed E-state index contributed by atoms with van der Waals surface area (Å²) in [5, 5.41) is 0. The van der Waals surface area contributed by atoms with Crippen LogP contribution in [0.2, 0.25) is 0 Å². The minimum Gasteiger partial charge on any atom is -0.497 e. The third kappa shape index (κ3) is 1.31. The van der Waals surface area contributed by atoms with Gasteiger partial charge >= 0.3 is 0 Å². The quantitative estimate of drug-likeness (QED) is 0.649. The van der Waals surface area contributed by atoms with Crippen molar-refractivity contribution in [3.63, 3.8) is 0 Å². The smallest absolute Gasteiger partial charge is 0.119 e. The molecule has 2 rings (SSSR count). The number of hydrogen-bond acceptors (Lipinski definition) is 1. The van der Waals surface area contributed by atoms with Crippen molar-refractivity contribution >= 4 is 0 Å². The fourth-order valence-corrected chi connectivity index (χ4v) is 1.66. The van der Waals surface area contributed by atoms with E-state index in [0.29, 0.717) is 0 Å². The summed E-state index contributed by atoms with van der Waals surface area (Å²) in [6, 6.07) is 8.40. The van der Waals surface area contributed by atoms with Gasteiger partial charge in [0.05, 0.1) is 7.11 Å². The molecule has 64 valence electrons. The van der Waals surface area contributed by atoms with E-state index >= 15 is 0 Å². The minimum atomic E-state index is 0.792. The SMILES string of the molecule is COc1cccc(C2CC2C)c1. The molecule has 1 fully saturated rings. The highest BCUT2D eigenvalue weighted by molar-refractivity contribution is 5.33. The van der Waals surface area contributed by atoms with E-state index in [4.69, 9.17) is 4.74 Å². The maximum atomic E-state index is 5.17. The topological polar surface area (TPSA) is 9.23 Å². The normalized spacial score (nSPS) is 26.8. The van der Waals surface area contributed by atoms with Crippen molar-refractivity contribution in [2.45, 2.75) is 19.3 Å². The maximum absolute atomic E-state index is 5.17. The first-order valence-electron chi connectivity index (χ1n) is 4.45. The number of ether oxygens (including phenoxy) is 1. The van der Waals surface area contributed by atoms with Gasteiger partial charge in [-0.25, -0.2) is 0 Å². The van der Waals surface area contributed by atoms with Gasteiger partial charge in [-0.05, 0) is 36.0 Å². The Bertz CT molecular complexity index is 280. The van der Waals surface area contributed by atoms with Crippen LogP contribution in [-0.4, -0.2) is 7.11 Å². The van der Waals surface area contributed by atoms with Crippen LogP contribution in [0.3, 0.4) is 0 Å². The average Bonchev–Trinajstić information content (AvgIpc) is 2.83. The molecule has 0 N–H and O–H groups in total. The van der Waals surface area contributed by atoms with E-state index in [1.54, 1.807) is 7.11 Å².